The van der Waals surface area contributed by atoms with Crippen molar-refractivity contribution in [2.75, 3.05) is 0 Å². The van der Waals surface area contributed by atoms with Crippen LogP contribution in [0.5, 0.6) is 0 Å². The molecule has 2 N–H and O–H groups in total. The van der Waals surface area contributed by atoms with Crippen LogP contribution in [0.2, 0.25) is 5.02 Å². The third-order valence-corrected chi connectivity index (χ3v) is 3.90. The zero-order chi connectivity index (χ0) is 16.4. The van der Waals surface area contributed by atoms with Gasteiger partial charge in [0.05, 0.1) is 4.92 Å². The number of hydrogen-bond donors (Lipinski definition) is 2. The second-order valence-electron chi connectivity index (χ2n) is 5.08. The molecule has 1 heterocycles. The van der Waals surface area contributed by atoms with E-state index in [1.807, 2.05) is 12.1 Å². The van der Waals surface area contributed by atoms with Crippen molar-refractivity contribution in [3.05, 3.63) is 87.2 Å². The van der Waals surface area contributed by atoms with Crippen molar-refractivity contribution in [2.24, 2.45) is 0 Å². The lowest BCUT2D eigenvalue weighted by Crippen LogP contribution is -2.00. The molecule has 1 atom stereocenters. The number of aromatic nitrogens is 1. The lowest BCUT2D eigenvalue weighted by atomic mass is 9.97. The Kier molecular flexibility index (Phi) is 4.14. The molecule has 0 radical (unpaired) electrons. The molecular formula is C17H13ClN2O3. The summed E-state index contributed by atoms with van der Waals surface area (Å²) in [5.41, 5.74) is 3.05. The normalized spacial score (nSPS) is 12.1. The number of nitro groups is 1. The summed E-state index contributed by atoms with van der Waals surface area (Å²) in [6.45, 7) is 0. The molecule has 1 aromatic heterocycles. The monoisotopic (exact) mass is 328 g/mol. The van der Waals surface area contributed by atoms with Gasteiger partial charge in [-0.15, -0.1) is 0 Å². The lowest BCUT2D eigenvalue weighted by molar-refractivity contribution is -0.384. The largest absolute Gasteiger partial charge is 0.384 e. The number of non-ortho nitro benzene ring substituents is 1. The van der Waals surface area contributed by atoms with Gasteiger partial charge in [-0.05, 0) is 35.4 Å². The van der Waals surface area contributed by atoms with Gasteiger partial charge in [-0.3, -0.25) is 10.1 Å². The van der Waals surface area contributed by atoms with Gasteiger partial charge in [-0.25, -0.2) is 0 Å². The van der Waals surface area contributed by atoms with Gasteiger partial charge in [0, 0.05) is 40.7 Å². The number of rotatable bonds is 4. The molecular weight excluding hydrogens is 316 g/mol. The summed E-state index contributed by atoms with van der Waals surface area (Å²) >= 11 is 5.90. The van der Waals surface area contributed by atoms with Gasteiger partial charge < -0.3 is 10.1 Å². The SMILES string of the molecule is O=[N+]([O-])c1ccc(C(O)c2c[nH]cc2-c2ccc(Cl)cc2)cc1. The topological polar surface area (TPSA) is 79.2 Å². The zero-order valence-corrected chi connectivity index (χ0v) is 12.7. The fourth-order valence-corrected chi connectivity index (χ4v) is 2.57. The summed E-state index contributed by atoms with van der Waals surface area (Å²) in [6.07, 6.45) is 2.64. The Morgan fingerprint density at radius 3 is 2.30 bits per heavy atom. The first-order chi connectivity index (χ1) is 11.1. The molecule has 0 spiro atoms. The Morgan fingerprint density at radius 2 is 1.70 bits per heavy atom. The molecule has 23 heavy (non-hydrogen) atoms. The maximum atomic E-state index is 10.7. The highest BCUT2D eigenvalue weighted by Crippen LogP contribution is 2.32. The highest BCUT2D eigenvalue weighted by Gasteiger charge is 2.17. The van der Waals surface area contributed by atoms with E-state index >= 15 is 0 Å². The summed E-state index contributed by atoms with van der Waals surface area (Å²) < 4.78 is 0. The number of aromatic amines is 1. The minimum atomic E-state index is -0.882. The van der Waals surface area contributed by atoms with Gasteiger partial charge in [0.25, 0.3) is 5.69 Å². The molecule has 3 rings (SSSR count). The van der Waals surface area contributed by atoms with Crippen molar-refractivity contribution in [3.63, 3.8) is 0 Å². The zero-order valence-electron chi connectivity index (χ0n) is 11.9. The van der Waals surface area contributed by atoms with E-state index in [1.54, 1.807) is 36.7 Å². The number of aliphatic hydroxyl groups is 1. The number of aliphatic hydroxyl groups excluding tert-OH is 1. The number of halogens is 1. The standard InChI is InChI=1S/C17H13ClN2O3/c18-13-5-1-11(2-6-13)15-9-19-10-16(15)17(21)12-3-7-14(8-4-12)20(22)23/h1-10,17,19,21H. The first kappa shape index (κ1) is 15.3. The van der Waals surface area contributed by atoms with E-state index in [0.717, 1.165) is 11.1 Å². The van der Waals surface area contributed by atoms with E-state index in [2.05, 4.69) is 4.98 Å². The number of nitro benzene ring substituents is 1. The summed E-state index contributed by atoms with van der Waals surface area (Å²) in [6, 6.07) is 13.2. The Morgan fingerprint density at radius 1 is 1.04 bits per heavy atom. The maximum absolute atomic E-state index is 10.7. The van der Waals surface area contributed by atoms with Crippen molar-refractivity contribution in [1.29, 1.82) is 0 Å². The number of benzene rings is 2. The van der Waals surface area contributed by atoms with Crippen LogP contribution in [0.3, 0.4) is 0 Å². The van der Waals surface area contributed by atoms with Gasteiger partial charge in [-0.1, -0.05) is 23.7 Å². The van der Waals surface area contributed by atoms with Crippen LogP contribution in [0.4, 0.5) is 5.69 Å². The molecule has 0 amide bonds. The van der Waals surface area contributed by atoms with Gasteiger partial charge in [0.1, 0.15) is 6.10 Å². The van der Waals surface area contributed by atoms with Crippen LogP contribution >= 0.6 is 11.6 Å². The molecule has 116 valence electrons. The van der Waals surface area contributed by atoms with Gasteiger partial charge in [0.15, 0.2) is 0 Å². The Bertz CT molecular complexity index is 826. The molecule has 0 aliphatic rings. The third kappa shape index (κ3) is 3.11. The Balaban J connectivity index is 1.94. The summed E-state index contributed by atoms with van der Waals surface area (Å²) in [5, 5.41) is 21.9. The number of H-pyrrole nitrogens is 1. The van der Waals surface area contributed by atoms with Gasteiger partial charge in [-0.2, -0.15) is 0 Å². The van der Waals surface area contributed by atoms with Crippen molar-refractivity contribution < 1.29 is 10.0 Å². The molecule has 1 unspecified atom stereocenters. The van der Waals surface area contributed by atoms with Crippen LogP contribution in [-0.2, 0) is 0 Å². The Labute approximate surface area is 137 Å². The minimum absolute atomic E-state index is 0.00653. The molecule has 0 aliphatic carbocycles. The van der Waals surface area contributed by atoms with E-state index in [0.29, 0.717) is 16.1 Å². The van der Waals surface area contributed by atoms with Gasteiger partial charge in [0.2, 0.25) is 0 Å². The molecule has 6 heteroatoms. The van der Waals surface area contributed by atoms with E-state index in [9.17, 15) is 15.2 Å². The predicted octanol–water partition coefficient (Wildman–Crippen LogP) is 4.33. The van der Waals surface area contributed by atoms with Crippen LogP contribution < -0.4 is 0 Å². The van der Waals surface area contributed by atoms with Crippen LogP contribution in [-0.4, -0.2) is 15.0 Å². The van der Waals surface area contributed by atoms with Gasteiger partial charge >= 0.3 is 0 Å². The second-order valence-corrected chi connectivity index (χ2v) is 5.52. The van der Waals surface area contributed by atoms with Crippen molar-refractivity contribution in [1.82, 2.24) is 4.98 Å². The average molecular weight is 329 g/mol. The molecule has 3 aromatic rings. The summed E-state index contributed by atoms with van der Waals surface area (Å²) in [4.78, 5) is 13.2. The first-order valence-electron chi connectivity index (χ1n) is 6.91. The molecule has 0 fully saturated rings. The summed E-state index contributed by atoms with van der Waals surface area (Å²) in [5.74, 6) is 0. The van der Waals surface area contributed by atoms with Crippen LogP contribution in [0, 0.1) is 10.1 Å². The predicted molar refractivity (Wildman–Crippen MR) is 88.4 cm³/mol. The van der Waals surface area contributed by atoms with Crippen molar-refractivity contribution in [3.8, 4) is 11.1 Å². The molecule has 0 saturated carbocycles. The van der Waals surface area contributed by atoms with E-state index < -0.39 is 11.0 Å². The first-order valence-corrected chi connectivity index (χ1v) is 7.29. The van der Waals surface area contributed by atoms with Crippen LogP contribution in [0.1, 0.15) is 17.2 Å². The van der Waals surface area contributed by atoms with E-state index in [-0.39, 0.29) is 5.69 Å². The molecule has 0 saturated heterocycles. The maximum Gasteiger partial charge on any atom is 0.269 e. The van der Waals surface area contributed by atoms with Crippen molar-refractivity contribution >= 4 is 17.3 Å². The quantitative estimate of drug-likeness (QED) is 0.552. The van der Waals surface area contributed by atoms with Crippen LogP contribution in [0.15, 0.2) is 60.9 Å². The number of nitrogens with zero attached hydrogens (tertiary/aromatic N) is 1. The molecule has 2 aromatic carbocycles. The highest BCUT2D eigenvalue weighted by atomic mass is 35.5. The van der Waals surface area contributed by atoms with E-state index in [4.69, 9.17) is 11.6 Å². The minimum Gasteiger partial charge on any atom is -0.384 e. The Hall–Kier alpha value is -2.63. The lowest BCUT2D eigenvalue weighted by Gasteiger charge is -2.12. The fourth-order valence-electron chi connectivity index (χ4n) is 2.44. The smallest absolute Gasteiger partial charge is 0.269 e. The van der Waals surface area contributed by atoms with Crippen LogP contribution in [0.25, 0.3) is 11.1 Å². The average Bonchev–Trinajstić information content (AvgIpc) is 3.04. The summed E-state index contributed by atoms with van der Waals surface area (Å²) in [7, 11) is 0. The highest BCUT2D eigenvalue weighted by molar-refractivity contribution is 6.30. The second kappa shape index (κ2) is 6.24. The molecule has 0 bridgehead atoms. The third-order valence-electron chi connectivity index (χ3n) is 3.65. The molecule has 0 aliphatic heterocycles. The van der Waals surface area contributed by atoms with Crippen molar-refractivity contribution in [2.45, 2.75) is 6.10 Å². The number of nitrogens with one attached hydrogen (secondary N) is 1. The van der Waals surface area contributed by atoms with E-state index in [1.165, 1.54) is 12.1 Å². The number of hydrogen-bond acceptors (Lipinski definition) is 3. The fraction of sp³-hybridized carbons (Fsp3) is 0.0588. The molecule has 5 nitrogen and oxygen atoms in total.